The zero-order valence-corrected chi connectivity index (χ0v) is 11.8. The zero-order chi connectivity index (χ0) is 14.9. The average Bonchev–Trinajstić information content (AvgIpc) is 2.37. The van der Waals surface area contributed by atoms with Crippen LogP contribution in [0.25, 0.3) is 11.0 Å². The Labute approximate surface area is 116 Å². The summed E-state index contributed by atoms with van der Waals surface area (Å²) in [6.45, 7) is 5.73. The van der Waals surface area contributed by atoms with Crippen LogP contribution < -0.4 is 16.7 Å². The van der Waals surface area contributed by atoms with Gasteiger partial charge in [-0.25, -0.2) is 4.79 Å². The fourth-order valence-electron chi connectivity index (χ4n) is 1.76. The number of fused-ring (bicyclic) bond motifs is 1. The predicted octanol–water partition coefficient (Wildman–Crippen LogP) is 2.10. The summed E-state index contributed by atoms with van der Waals surface area (Å²) in [5.41, 5.74) is 6.30. The first-order valence-electron chi connectivity index (χ1n) is 6.38. The quantitative estimate of drug-likeness (QED) is 0.821. The highest BCUT2D eigenvalue weighted by molar-refractivity contribution is 5.96. The molecule has 20 heavy (non-hydrogen) atoms. The number of hydrogen-bond donors (Lipinski definition) is 2. The first kappa shape index (κ1) is 14.3. The average molecular weight is 274 g/mol. The normalized spacial score (nSPS) is 13.2. The van der Waals surface area contributed by atoms with Crippen LogP contribution in [-0.4, -0.2) is 11.9 Å². The first-order chi connectivity index (χ1) is 9.27. The number of nitrogens with one attached hydrogen (secondary N) is 1. The third kappa shape index (κ3) is 3.05. The molecule has 0 radical (unpaired) electrons. The van der Waals surface area contributed by atoms with Gasteiger partial charge in [0.05, 0.1) is 6.04 Å². The van der Waals surface area contributed by atoms with E-state index in [1.54, 1.807) is 24.3 Å². The van der Waals surface area contributed by atoms with Gasteiger partial charge in [-0.1, -0.05) is 20.8 Å². The Balaban J connectivity index is 2.24. The lowest BCUT2D eigenvalue weighted by atomic mass is 9.87. The molecule has 0 unspecified atom stereocenters. The van der Waals surface area contributed by atoms with Crippen LogP contribution in [-0.2, 0) is 4.79 Å². The van der Waals surface area contributed by atoms with Gasteiger partial charge in [-0.3, -0.25) is 4.79 Å². The summed E-state index contributed by atoms with van der Waals surface area (Å²) >= 11 is 0. The fraction of sp³-hybridized carbons (Fsp3) is 0.333. The van der Waals surface area contributed by atoms with Crippen LogP contribution >= 0.6 is 0 Å². The van der Waals surface area contributed by atoms with Crippen molar-refractivity contribution in [2.45, 2.75) is 26.8 Å². The van der Waals surface area contributed by atoms with Crippen molar-refractivity contribution in [1.29, 1.82) is 0 Å². The van der Waals surface area contributed by atoms with Crippen molar-refractivity contribution < 1.29 is 9.21 Å². The predicted molar refractivity (Wildman–Crippen MR) is 78.5 cm³/mol. The van der Waals surface area contributed by atoms with E-state index in [0.29, 0.717) is 11.3 Å². The second kappa shape index (κ2) is 5.09. The molecule has 0 fully saturated rings. The number of hydrogen-bond acceptors (Lipinski definition) is 4. The fourth-order valence-corrected chi connectivity index (χ4v) is 1.76. The van der Waals surface area contributed by atoms with Crippen LogP contribution in [0.4, 0.5) is 5.69 Å². The Morgan fingerprint density at radius 2 is 1.95 bits per heavy atom. The molecule has 0 spiro atoms. The summed E-state index contributed by atoms with van der Waals surface area (Å²) in [4.78, 5) is 23.1. The molecular formula is C15H18N2O3. The number of benzene rings is 1. The van der Waals surface area contributed by atoms with E-state index in [1.165, 1.54) is 6.07 Å². The molecule has 1 aromatic heterocycles. The highest BCUT2D eigenvalue weighted by Gasteiger charge is 2.27. The van der Waals surface area contributed by atoms with Gasteiger partial charge < -0.3 is 15.5 Å². The molecule has 0 aliphatic rings. The second-order valence-corrected chi connectivity index (χ2v) is 5.84. The van der Waals surface area contributed by atoms with Crippen LogP contribution in [0.1, 0.15) is 20.8 Å². The van der Waals surface area contributed by atoms with Gasteiger partial charge in [-0.2, -0.15) is 0 Å². The molecule has 0 bridgehead atoms. The first-order valence-corrected chi connectivity index (χ1v) is 6.38. The van der Waals surface area contributed by atoms with Crippen molar-refractivity contribution in [2.75, 3.05) is 5.32 Å². The molecule has 106 valence electrons. The minimum absolute atomic E-state index is 0.241. The third-order valence-corrected chi connectivity index (χ3v) is 3.10. The molecule has 1 heterocycles. The minimum atomic E-state index is -0.605. The maximum atomic E-state index is 12.0. The van der Waals surface area contributed by atoms with Gasteiger partial charge in [0.1, 0.15) is 5.58 Å². The Bertz CT molecular complexity index is 698. The molecule has 0 aliphatic heterocycles. The van der Waals surface area contributed by atoms with E-state index < -0.39 is 11.7 Å². The van der Waals surface area contributed by atoms with Gasteiger partial charge in [-0.05, 0) is 29.7 Å². The number of anilines is 1. The van der Waals surface area contributed by atoms with Crippen molar-refractivity contribution in [3.63, 3.8) is 0 Å². The van der Waals surface area contributed by atoms with Crippen LogP contribution in [0.3, 0.4) is 0 Å². The van der Waals surface area contributed by atoms with E-state index in [4.69, 9.17) is 10.2 Å². The highest BCUT2D eigenvalue weighted by atomic mass is 16.4. The summed E-state index contributed by atoms with van der Waals surface area (Å²) in [6, 6.07) is 7.46. The largest absolute Gasteiger partial charge is 0.423 e. The van der Waals surface area contributed by atoms with Gasteiger partial charge in [-0.15, -0.1) is 0 Å². The van der Waals surface area contributed by atoms with Crippen molar-refractivity contribution in [3.05, 3.63) is 40.8 Å². The molecule has 5 heteroatoms. The molecule has 5 nitrogen and oxygen atoms in total. The van der Waals surface area contributed by atoms with Gasteiger partial charge in [0, 0.05) is 17.1 Å². The number of carbonyl (C=O) groups excluding carboxylic acids is 1. The molecule has 1 amide bonds. The van der Waals surface area contributed by atoms with E-state index in [0.717, 1.165) is 5.39 Å². The van der Waals surface area contributed by atoms with Crippen molar-refractivity contribution in [3.8, 4) is 0 Å². The molecular weight excluding hydrogens is 256 g/mol. The van der Waals surface area contributed by atoms with Crippen molar-refractivity contribution in [2.24, 2.45) is 11.1 Å². The maximum absolute atomic E-state index is 12.0. The Morgan fingerprint density at radius 3 is 2.60 bits per heavy atom. The summed E-state index contributed by atoms with van der Waals surface area (Å²) in [7, 11) is 0. The van der Waals surface area contributed by atoms with Crippen LogP contribution in [0.5, 0.6) is 0 Å². The second-order valence-electron chi connectivity index (χ2n) is 5.84. The Hall–Kier alpha value is -2.14. The lowest BCUT2D eigenvalue weighted by Crippen LogP contribution is -2.45. The Kier molecular flexibility index (Phi) is 3.63. The molecule has 3 N–H and O–H groups in total. The summed E-state index contributed by atoms with van der Waals surface area (Å²) in [5, 5.41) is 3.51. The lowest BCUT2D eigenvalue weighted by Gasteiger charge is -2.25. The summed E-state index contributed by atoms with van der Waals surface area (Å²) in [5.74, 6) is -0.241. The van der Waals surface area contributed by atoms with Gasteiger partial charge in [0.25, 0.3) is 0 Å². The molecule has 0 aliphatic carbocycles. The van der Waals surface area contributed by atoms with E-state index >= 15 is 0 Å². The number of amides is 1. The maximum Gasteiger partial charge on any atom is 0.336 e. The number of carbonyl (C=O) groups is 1. The molecule has 1 atom stereocenters. The lowest BCUT2D eigenvalue weighted by molar-refractivity contribution is -0.119. The summed E-state index contributed by atoms with van der Waals surface area (Å²) in [6.07, 6.45) is 0. The molecule has 0 saturated heterocycles. The van der Waals surface area contributed by atoms with E-state index in [2.05, 4.69) is 5.32 Å². The third-order valence-electron chi connectivity index (χ3n) is 3.10. The Morgan fingerprint density at radius 1 is 1.25 bits per heavy atom. The zero-order valence-electron chi connectivity index (χ0n) is 11.8. The van der Waals surface area contributed by atoms with Gasteiger partial charge in [0.15, 0.2) is 0 Å². The molecule has 0 saturated carbocycles. The molecule has 1 aromatic carbocycles. The van der Waals surface area contributed by atoms with E-state index in [9.17, 15) is 9.59 Å². The number of rotatable bonds is 2. The van der Waals surface area contributed by atoms with Crippen LogP contribution in [0.2, 0.25) is 0 Å². The SMILES string of the molecule is CC(C)(C)[C@H](N)C(=O)Nc1ccc2oc(=O)ccc2c1. The van der Waals surface area contributed by atoms with Crippen molar-refractivity contribution in [1.82, 2.24) is 0 Å². The minimum Gasteiger partial charge on any atom is -0.423 e. The van der Waals surface area contributed by atoms with E-state index in [-0.39, 0.29) is 11.3 Å². The van der Waals surface area contributed by atoms with Crippen molar-refractivity contribution >= 4 is 22.6 Å². The smallest absolute Gasteiger partial charge is 0.336 e. The number of nitrogens with two attached hydrogens (primary N) is 1. The van der Waals surface area contributed by atoms with Gasteiger partial charge in [0.2, 0.25) is 5.91 Å². The van der Waals surface area contributed by atoms with Crippen LogP contribution in [0, 0.1) is 5.41 Å². The molecule has 2 rings (SSSR count). The highest BCUT2D eigenvalue weighted by Crippen LogP contribution is 2.21. The van der Waals surface area contributed by atoms with Gasteiger partial charge >= 0.3 is 5.63 Å². The summed E-state index contributed by atoms with van der Waals surface area (Å²) < 4.78 is 5.03. The monoisotopic (exact) mass is 274 g/mol. The van der Waals surface area contributed by atoms with E-state index in [1.807, 2.05) is 20.8 Å². The standard InChI is InChI=1S/C15H18N2O3/c1-15(2,3)13(16)14(19)17-10-5-6-11-9(8-10)4-7-12(18)20-11/h4-8,13H,16H2,1-3H3,(H,17,19)/t13-/m1/s1. The topological polar surface area (TPSA) is 85.3 Å². The van der Waals surface area contributed by atoms with Crippen LogP contribution in [0.15, 0.2) is 39.5 Å². The molecule has 2 aromatic rings.